The molecular formula is C28H30F2N8O4. The van der Waals surface area contributed by atoms with Gasteiger partial charge in [-0.25, -0.2) is 28.5 Å². The Bertz CT molecular complexity index is 1570. The molecular weight excluding hydrogens is 550 g/mol. The third kappa shape index (κ3) is 4.18. The number of nitrogens with one attached hydrogen (secondary N) is 3. The van der Waals surface area contributed by atoms with Gasteiger partial charge in [-0.15, -0.1) is 0 Å². The summed E-state index contributed by atoms with van der Waals surface area (Å²) in [6.45, 7) is 3.93. The fourth-order valence-electron chi connectivity index (χ4n) is 7.11. The molecule has 3 N–H and O–H groups in total. The zero-order chi connectivity index (χ0) is 28.6. The summed E-state index contributed by atoms with van der Waals surface area (Å²) in [6, 6.07) is 0. The Morgan fingerprint density at radius 2 is 1.90 bits per heavy atom. The molecule has 3 aromatic rings. The molecule has 3 fully saturated rings. The van der Waals surface area contributed by atoms with Crippen LogP contribution in [0.2, 0.25) is 0 Å². The number of piperidine rings is 1. The van der Waals surface area contributed by atoms with Crippen LogP contribution in [-0.2, 0) is 22.4 Å². The van der Waals surface area contributed by atoms with Crippen molar-refractivity contribution in [1.29, 1.82) is 0 Å². The predicted molar refractivity (Wildman–Crippen MR) is 146 cm³/mol. The molecule has 1 spiro atoms. The van der Waals surface area contributed by atoms with Gasteiger partial charge in [0.15, 0.2) is 29.9 Å². The molecule has 12 nitrogen and oxygen atoms in total. The summed E-state index contributed by atoms with van der Waals surface area (Å²) >= 11 is 0. The number of H-pyrrole nitrogens is 1. The predicted octanol–water partition coefficient (Wildman–Crippen LogP) is 2.25. The van der Waals surface area contributed by atoms with Crippen molar-refractivity contribution in [3.8, 4) is 5.88 Å². The van der Waals surface area contributed by atoms with E-state index in [1.807, 2.05) is 0 Å². The van der Waals surface area contributed by atoms with E-state index >= 15 is 8.78 Å². The number of anilines is 2. The summed E-state index contributed by atoms with van der Waals surface area (Å²) in [7, 11) is 0. The topological polar surface area (TPSA) is 138 Å². The van der Waals surface area contributed by atoms with E-state index in [2.05, 4.69) is 35.5 Å². The largest absolute Gasteiger partial charge is 0.465 e. The second-order valence-corrected chi connectivity index (χ2v) is 12.1. The van der Waals surface area contributed by atoms with Crippen LogP contribution in [0.15, 0.2) is 6.20 Å². The highest BCUT2D eigenvalue weighted by atomic mass is 19.1. The molecule has 42 heavy (non-hydrogen) atoms. The number of imidazole rings is 1. The van der Waals surface area contributed by atoms with Gasteiger partial charge in [0.1, 0.15) is 22.5 Å². The molecule has 8 rings (SSSR count). The number of rotatable bonds is 4. The summed E-state index contributed by atoms with van der Waals surface area (Å²) < 4.78 is 42.3. The maximum atomic E-state index is 15.6. The van der Waals surface area contributed by atoms with Crippen molar-refractivity contribution >= 4 is 34.7 Å². The van der Waals surface area contributed by atoms with E-state index < -0.39 is 17.5 Å². The molecule has 220 valence electrons. The maximum absolute atomic E-state index is 15.6. The van der Waals surface area contributed by atoms with Crippen LogP contribution in [0.1, 0.15) is 42.1 Å². The Labute approximate surface area is 239 Å². The molecule has 1 aromatic carbocycles. The van der Waals surface area contributed by atoms with Crippen molar-refractivity contribution in [2.45, 2.75) is 43.6 Å². The van der Waals surface area contributed by atoms with E-state index in [1.54, 1.807) is 0 Å². The van der Waals surface area contributed by atoms with Crippen LogP contribution in [0.25, 0.3) is 11.0 Å². The van der Waals surface area contributed by atoms with Gasteiger partial charge in [0.05, 0.1) is 12.7 Å². The fraction of sp³-hybridized carbons (Fsp3) is 0.536. The van der Waals surface area contributed by atoms with Crippen molar-refractivity contribution in [2.75, 3.05) is 56.1 Å². The smallest absolute Gasteiger partial charge is 0.416 e. The first kappa shape index (κ1) is 25.8. The molecule has 4 aliphatic heterocycles. The Balaban J connectivity index is 0.918. The Morgan fingerprint density at radius 3 is 2.69 bits per heavy atom. The lowest BCUT2D eigenvalue weighted by molar-refractivity contribution is -0.118. The van der Waals surface area contributed by atoms with Gasteiger partial charge in [0.2, 0.25) is 0 Å². The van der Waals surface area contributed by atoms with Crippen LogP contribution in [0.4, 0.5) is 25.2 Å². The first-order valence-electron chi connectivity index (χ1n) is 14.5. The average molecular weight is 581 g/mol. The molecule has 2 aromatic heterocycles. The van der Waals surface area contributed by atoms with Gasteiger partial charge in [-0.3, -0.25) is 9.69 Å². The number of amides is 2. The Kier molecular flexibility index (Phi) is 5.87. The molecule has 2 atom stereocenters. The molecule has 6 heterocycles. The Hall–Kier alpha value is -3.91. The SMILES string of the molecule is O=C1COc2ncc(N3CC4(CCN(CC5Cc6c(c(F)c7[nH]c(C8CCNC8)nc7c6F)C5)CC4)OC3=O)nc2N1. The molecule has 1 aliphatic carbocycles. The van der Waals surface area contributed by atoms with Gasteiger partial charge >= 0.3 is 6.09 Å². The quantitative estimate of drug-likeness (QED) is 0.424. The van der Waals surface area contributed by atoms with Crippen LogP contribution in [0.5, 0.6) is 5.88 Å². The highest BCUT2D eigenvalue weighted by Crippen LogP contribution is 2.39. The summed E-state index contributed by atoms with van der Waals surface area (Å²) in [5.41, 5.74) is 0.555. The number of carbonyl (C=O) groups excluding carboxylic acids is 2. The van der Waals surface area contributed by atoms with Crippen LogP contribution in [0, 0.1) is 17.6 Å². The first-order valence-corrected chi connectivity index (χ1v) is 14.5. The van der Waals surface area contributed by atoms with E-state index in [-0.39, 0.29) is 58.7 Å². The third-order valence-electron chi connectivity index (χ3n) is 9.33. The number of ether oxygens (including phenoxy) is 2. The lowest BCUT2D eigenvalue weighted by atomic mass is 9.90. The van der Waals surface area contributed by atoms with Gasteiger partial charge in [-0.05, 0) is 42.9 Å². The second-order valence-electron chi connectivity index (χ2n) is 12.1. The molecule has 2 amide bonds. The minimum Gasteiger partial charge on any atom is -0.465 e. The minimum absolute atomic E-state index is 0.0916. The van der Waals surface area contributed by atoms with E-state index in [0.29, 0.717) is 68.8 Å². The first-order chi connectivity index (χ1) is 20.4. The number of carbonyl (C=O) groups is 2. The number of hydrogen-bond acceptors (Lipinski definition) is 9. The fourth-order valence-corrected chi connectivity index (χ4v) is 7.11. The number of nitrogens with zero attached hydrogens (tertiary/aromatic N) is 5. The molecule has 2 unspecified atom stereocenters. The van der Waals surface area contributed by atoms with Crippen molar-refractivity contribution in [3.63, 3.8) is 0 Å². The zero-order valence-electron chi connectivity index (χ0n) is 22.8. The molecule has 0 saturated carbocycles. The normalized spacial score (nSPS) is 23.8. The number of fused-ring (bicyclic) bond motifs is 3. The highest BCUT2D eigenvalue weighted by molar-refractivity contribution is 5.95. The number of aromatic amines is 1. The van der Waals surface area contributed by atoms with Crippen molar-refractivity contribution in [1.82, 2.24) is 30.2 Å². The molecule has 0 bridgehead atoms. The zero-order valence-corrected chi connectivity index (χ0v) is 22.8. The van der Waals surface area contributed by atoms with Crippen LogP contribution in [-0.4, -0.2) is 88.3 Å². The van der Waals surface area contributed by atoms with E-state index in [0.717, 1.165) is 19.5 Å². The number of hydrogen-bond donors (Lipinski definition) is 3. The summed E-state index contributed by atoms with van der Waals surface area (Å²) in [6.07, 6.45) is 4.04. The minimum atomic E-state index is -0.654. The van der Waals surface area contributed by atoms with Crippen LogP contribution >= 0.6 is 0 Å². The van der Waals surface area contributed by atoms with Crippen molar-refractivity contribution in [3.05, 3.63) is 34.8 Å². The molecule has 14 heteroatoms. The highest BCUT2D eigenvalue weighted by Gasteiger charge is 2.48. The molecule has 3 saturated heterocycles. The van der Waals surface area contributed by atoms with Gasteiger partial charge in [-0.1, -0.05) is 0 Å². The number of benzene rings is 1. The van der Waals surface area contributed by atoms with E-state index in [9.17, 15) is 9.59 Å². The van der Waals surface area contributed by atoms with Crippen molar-refractivity contribution < 1.29 is 27.8 Å². The van der Waals surface area contributed by atoms with Crippen molar-refractivity contribution in [2.24, 2.45) is 5.92 Å². The van der Waals surface area contributed by atoms with E-state index in [4.69, 9.17) is 9.47 Å². The van der Waals surface area contributed by atoms with E-state index in [1.165, 1.54) is 11.1 Å². The monoisotopic (exact) mass is 580 g/mol. The third-order valence-corrected chi connectivity index (χ3v) is 9.33. The standard InChI is InChI=1S/C28H30F2N8O4/c29-20-16-7-14(8-17(16)21(30)23-22(20)35-24(36-23)15-1-4-31-9-15)11-37-5-2-28(3-6-37)13-38(27(40)42-28)18-10-32-26-25(33-18)34-19(39)12-41-26/h10,14-15,31H,1-9,11-13H2,(H,35,36)(H,33,34,39). The lowest BCUT2D eigenvalue weighted by Crippen LogP contribution is -2.48. The van der Waals surface area contributed by atoms with Crippen LogP contribution in [0.3, 0.4) is 0 Å². The van der Waals surface area contributed by atoms with Gasteiger partial charge < -0.3 is 30.0 Å². The average Bonchev–Trinajstić information content (AvgIpc) is 3.79. The number of likely N-dealkylation sites (tertiary alicyclic amines) is 1. The van der Waals surface area contributed by atoms with Crippen LogP contribution < -0.4 is 20.3 Å². The number of aromatic nitrogens is 4. The van der Waals surface area contributed by atoms with Gasteiger partial charge in [0.25, 0.3) is 11.8 Å². The Morgan fingerprint density at radius 1 is 1.10 bits per heavy atom. The molecule has 0 radical (unpaired) electrons. The molecule has 5 aliphatic rings. The summed E-state index contributed by atoms with van der Waals surface area (Å²) in [4.78, 5) is 44.3. The van der Waals surface area contributed by atoms with Gasteiger partial charge in [0, 0.05) is 44.9 Å². The van der Waals surface area contributed by atoms with Gasteiger partial charge in [-0.2, -0.15) is 0 Å². The summed E-state index contributed by atoms with van der Waals surface area (Å²) in [5, 5.41) is 5.88. The lowest BCUT2D eigenvalue weighted by Gasteiger charge is -2.38. The maximum Gasteiger partial charge on any atom is 0.416 e. The summed E-state index contributed by atoms with van der Waals surface area (Å²) in [5.74, 6) is 0.461. The number of halogens is 2. The second kappa shape index (κ2) is 9.56.